The van der Waals surface area contributed by atoms with E-state index in [1.165, 1.54) is 36.5 Å². The van der Waals surface area contributed by atoms with E-state index in [9.17, 15) is 14.4 Å². The Balaban J connectivity index is 0.000000292. The second-order valence-electron chi connectivity index (χ2n) is 11.4. The Labute approximate surface area is 326 Å². The standard InChI is InChI=1S/C22H21ClN2O4S.C14H13BrClNO2S.H3P/c1-22(2,21(27)28)25-19(26)9-14-12-30-20(24-14)16-11-18(29-3)17(23)10-15(16)13-7-5-4-6-8-13;1-3-19-13(18)5-9-7-20-14(17-9)10-4-8(2)12(16)6-11(10)15;/h4-8,10-12H,9H2,1-3H3,(H,25,26)(H,27,28);4,6-7H,3,5H2,1-2H3;1H3. The van der Waals surface area contributed by atoms with E-state index in [0.29, 0.717) is 33.1 Å². The zero-order valence-corrected chi connectivity index (χ0v) is 34.7. The van der Waals surface area contributed by atoms with Gasteiger partial charge in [-0.3, -0.25) is 9.59 Å². The molecule has 3 aromatic carbocycles. The molecule has 1 atom stereocenters. The average molecular weight is 854 g/mol. The van der Waals surface area contributed by atoms with E-state index >= 15 is 0 Å². The number of nitrogens with zero attached hydrogens (tertiary/aromatic N) is 2. The number of ether oxygens (including phenoxy) is 2. The molecule has 0 aliphatic carbocycles. The normalized spacial score (nSPS) is 10.7. The molecule has 0 fully saturated rings. The molecule has 0 aliphatic rings. The number of rotatable bonds is 11. The fourth-order valence-corrected chi connectivity index (χ4v) is 7.46. The molecule has 0 spiro atoms. The van der Waals surface area contributed by atoms with Crippen molar-refractivity contribution < 1.29 is 29.0 Å². The summed E-state index contributed by atoms with van der Waals surface area (Å²) in [5, 5.41) is 18.1. The fourth-order valence-electron chi connectivity index (χ4n) is 4.56. The van der Waals surface area contributed by atoms with Gasteiger partial charge in [0.25, 0.3) is 0 Å². The van der Waals surface area contributed by atoms with Crippen LogP contribution in [0.15, 0.2) is 69.8 Å². The van der Waals surface area contributed by atoms with Gasteiger partial charge in [0.2, 0.25) is 5.91 Å². The van der Waals surface area contributed by atoms with E-state index in [0.717, 1.165) is 43.0 Å². The Morgan fingerprint density at radius 2 is 1.51 bits per heavy atom. The minimum atomic E-state index is -1.35. The van der Waals surface area contributed by atoms with Crippen molar-refractivity contribution in [3.63, 3.8) is 0 Å². The average Bonchev–Trinajstić information content (AvgIpc) is 3.73. The molecule has 51 heavy (non-hydrogen) atoms. The van der Waals surface area contributed by atoms with Crippen LogP contribution in [0.1, 0.15) is 37.7 Å². The lowest BCUT2D eigenvalue weighted by atomic mass is 9.99. The number of carboxylic acids is 1. The van der Waals surface area contributed by atoms with Crippen LogP contribution < -0.4 is 10.1 Å². The van der Waals surface area contributed by atoms with Crippen molar-refractivity contribution in [2.75, 3.05) is 13.7 Å². The van der Waals surface area contributed by atoms with E-state index in [4.69, 9.17) is 37.8 Å². The maximum Gasteiger partial charge on any atom is 0.328 e. The molecule has 270 valence electrons. The maximum atomic E-state index is 12.3. The van der Waals surface area contributed by atoms with Crippen molar-refractivity contribution in [3.8, 4) is 38.0 Å². The molecule has 2 heterocycles. The molecule has 0 saturated carbocycles. The first-order valence-corrected chi connectivity index (χ1v) is 18.5. The van der Waals surface area contributed by atoms with Gasteiger partial charge in [0.05, 0.1) is 43.0 Å². The van der Waals surface area contributed by atoms with Gasteiger partial charge in [-0.2, -0.15) is 9.90 Å². The molecular formula is C36H37BrCl2N3O6PS2. The summed E-state index contributed by atoms with van der Waals surface area (Å²) < 4.78 is 11.2. The molecule has 0 bridgehead atoms. The quantitative estimate of drug-likeness (QED) is 0.0995. The summed E-state index contributed by atoms with van der Waals surface area (Å²) in [5.74, 6) is -1.23. The Morgan fingerprint density at radius 3 is 2.10 bits per heavy atom. The maximum absolute atomic E-state index is 12.3. The van der Waals surface area contributed by atoms with Gasteiger partial charge >= 0.3 is 11.9 Å². The molecule has 0 aliphatic heterocycles. The van der Waals surface area contributed by atoms with Crippen LogP contribution in [0.25, 0.3) is 32.3 Å². The Morgan fingerprint density at radius 1 is 0.902 bits per heavy atom. The smallest absolute Gasteiger partial charge is 0.328 e. The van der Waals surface area contributed by atoms with Gasteiger partial charge in [-0.15, -0.1) is 22.7 Å². The number of amides is 1. The summed E-state index contributed by atoms with van der Waals surface area (Å²) in [4.78, 5) is 44.0. The molecule has 15 heteroatoms. The number of esters is 1. The predicted octanol–water partition coefficient (Wildman–Crippen LogP) is 9.36. The molecule has 0 saturated heterocycles. The Hall–Kier alpha value is -3.38. The summed E-state index contributed by atoms with van der Waals surface area (Å²) in [6, 6.07) is 17.3. The number of methoxy groups -OCH3 is 1. The number of benzene rings is 3. The van der Waals surface area contributed by atoms with Crippen LogP contribution in [0.3, 0.4) is 0 Å². The highest BCUT2D eigenvalue weighted by molar-refractivity contribution is 9.10. The second kappa shape index (κ2) is 18.9. The molecule has 5 rings (SSSR count). The topological polar surface area (TPSA) is 128 Å². The molecule has 1 unspecified atom stereocenters. The first-order chi connectivity index (χ1) is 23.7. The highest BCUT2D eigenvalue weighted by Gasteiger charge is 2.29. The van der Waals surface area contributed by atoms with Crippen LogP contribution in [-0.2, 0) is 32.0 Å². The molecule has 0 radical (unpaired) electrons. The number of thiazole rings is 2. The van der Waals surface area contributed by atoms with E-state index in [1.807, 2.05) is 66.9 Å². The van der Waals surface area contributed by atoms with Gasteiger partial charge in [-0.05, 0) is 68.7 Å². The van der Waals surface area contributed by atoms with Gasteiger partial charge in [-0.1, -0.05) is 69.5 Å². The third-order valence-corrected chi connectivity index (χ3v) is 10.4. The van der Waals surface area contributed by atoms with E-state index in [1.54, 1.807) is 19.4 Å². The molecular weight excluding hydrogens is 816 g/mol. The Bertz CT molecular complexity index is 2010. The lowest BCUT2D eigenvalue weighted by Crippen LogP contribution is -2.50. The second-order valence-corrected chi connectivity index (χ2v) is 14.8. The number of carboxylic acid groups (broad SMARTS) is 1. The van der Waals surface area contributed by atoms with Gasteiger partial charge in [-0.25, -0.2) is 14.8 Å². The summed E-state index contributed by atoms with van der Waals surface area (Å²) >= 11 is 18.8. The number of carbonyl (C=O) groups excluding carboxylic acids is 2. The van der Waals surface area contributed by atoms with Crippen LogP contribution in [0.5, 0.6) is 5.75 Å². The molecule has 5 aromatic rings. The fraction of sp³-hybridized carbons (Fsp3) is 0.250. The highest BCUT2D eigenvalue weighted by atomic mass is 79.9. The van der Waals surface area contributed by atoms with Crippen molar-refractivity contribution in [3.05, 3.63) is 96.8 Å². The van der Waals surface area contributed by atoms with Crippen LogP contribution in [0, 0.1) is 6.92 Å². The van der Waals surface area contributed by atoms with Crippen molar-refractivity contribution in [2.45, 2.75) is 46.1 Å². The van der Waals surface area contributed by atoms with Crippen LogP contribution in [0.4, 0.5) is 0 Å². The highest BCUT2D eigenvalue weighted by Crippen LogP contribution is 2.40. The predicted molar refractivity (Wildman–Crippen MR) is 215 cm³/mol. The van der Waals surface area contributed by atoms with Gasteiger partial charge in [0.15, 0.2) is 0 Å². The summed E-state index contributed by atoms with van der Waals surface area (Å²) in [5.41, 5.74) is 4.63. The Kier molecular flexibility index (Phi) is 15.6. The van der Waals surface area contributed by atoms with Crippen LogP contribution in [0.2, 0.25) is 10.0 Å². The number of hydrogen-bond donors (Lipinski definition) is 2. The minimum Gasteiger partial charge on any atom is -0.495 e. The summed E-state index contributed by atoms with van der Waals surface area (Å²) in [6.45, 7) is 7.00. The van der Waals surface area contributed by atoms with E-state index in [-0.39, 0.29) is 28.7 Å². The number of aromatic nitrogens is 2. The van der Waals surface area contributed by atoms with E-state index < -0.39 is 17.4 Å². The number of nitrogens with one attached hydrogen (secondary N) is 1. The number of halogens is 3. The van der Waals surface area contributed by atoms with Gasteiger partial charge < -0.3 is 19.9 Å². The zero-order valence-electron chi connectivity index (χ0n) is 28.5. The van der Waals surface area contributed by atoms with E-state index in [2.05, 4.69) is 31.2 Å². The van der Waals surface area contributed by atoms with Crippen LogP contribution >= 0.6 is 71.7 Å². The molecule has 1 amide bonds. The first kappa shape index (κ1) is 42.0. The largest absolute Gasteiger partial charge is 0.495 e. The monoisotopic (exact) mass is 851 g/mol. The third kappa shape index (κ3) is 11.3. The molecule has 2 aromatic heterocycles. The number of aryl methyl sites for hydroxylation is 1. The zero-order chi connectivity index (χ0) is 36.6. The van der Waals surface area contributed by atoms with Crippen LogP contribution in [-0.4, -0.2) is 52.2 Å². The SMILES string of the molecule is CCOC(=O)Cc1csc(-c2cc(C)c(Cl)cc2Br)n1.COc1cc(-c2nc(CC(=O)NC(C)(C)C(=O)O)cs2)c(-c2ccccc2)cc1Cl.P. The van der Waals surface area contributed by atoms with Crippen molar-refractivity contribution in [1.29, 1.82) is 0 Å². The lowest BCUT2D eigenvalue weighted by molar-refractivity contribution is -0.146. The molecule has 2 N–H and O–H groups in total. The van der Waals surface area contributed by atoms with Gasteiger partial charge in [0.1, 0.15) is 21.3 Å². The van der Waals surface area contributed by atoms with Crippen molar-refractivity contribution in [2.24, 2.45) is 0 Å². The number of hydrogen-bond acceptors (Lipinski definition) is 9. The minimum absolute atomic E-state index is 0. The number of aliphatic carboxylic acids is 1. The number of carbonyl (C=O) groups is 3. The lowest BCUT2D eigenvalue weighted by Gasteiger charge is -2.20. The summed E-state index contributed by atoms with van der Waals surface area (Å²) in [7, 11) is 1.55. The first-order valence-electron chi connectivity index (χ1n) is 15.2. The summed E-state index contributed by atoms with van der Waals surface area (Å²) in [6.07, 6.45) is 0.188. The molecule has 9 nitrogen and oxygen atoms in total. The van der Waals surface area contributed by atoms with Crippen molar-refractivity contribution >= 4 is 89.6 Å². The van der Waals surface area contributed by atoms with Crippen molar-refractivity contribution in [1.82, 2.24) is 15.3 Å². The van der Waals surface area contributed by atoms with Gasteiger partial charge in [0, 0.05) is 31.4 Å². The third-order valence-electron chi connectivity index (χ3n) is 7.15.